The van der Waals surface area contributed by atoms with Gasteiger partial charge in [-0.15, -0.1) is 0 Å². The molecule has 0 aromatic heterocycles. The maximum absolute atomic E-state index is 12.4. The van der Waals surface area contributed by atoms with Gasteiger partial charge in [-0.2, -0.15) is 0 Å². The Kier molecular flexibility index (Phi) is 4.30. The number of ketones is 1. The molecule has 0 amide bonds. The lowest BCUT2D eigenvalue weighted by molar-refractivity contribution is 0.0908. The zero-order chi connectivity index (χ0) is 14.9. The molecule has 1 aliphatic rings. The molecule has 1 heterocycles. The SMILES string of the molecule is Cc1ccc(C(=O)CN2CCS(=O)(=O)CC2C)c(C)c1. The van der Waals surface area contributed by atoms with Gasteiger partial charge in [-0.25, -0.2) is 8.42 Å². The van der Waals surface area contributed by atoms with Gasteiger partial charge in [-0.05, 0) is 26.3 Å². The summed E-state index contributed by atoms with van der Waals surface area (Å²) in [6, 6.07) is 5.70. The number of benzene rings is 1. The summed E-state index contributed by atoms with van der Waals surface area (Å²) < 4.78 is 23.1. The summed E-state index contributed by atoms with van der Waals surface area (Å²) in [4.78, 5) is 14.3. The Balaban J connectivity index is 2.08. The van der Waals surface area contributed by atoms with E-state index in [-0.39, 0.29) is 23.3 Å². The summed E-state index contributed by atoms with van der Waals surface area (Å²) in [5.74, 6) is 0.360. The highest BCUT2D eigenvalue weighted by Gasteiger charge is 2.29. The van der Waals surface area contributed by atoms with Crippen LogP contribution in [0.4, 0.5) is 0 Å². The first-order valence-electron chi connectivity index (χ1n) is 6.83. The molecule has 5 heteroatoms. The Hall–Kier alpha value is -1.20. The Morgan fingerprint density at radius 2 is 2.05 bits per heavy atom. The molecule has 110 valence electrons. The van der Waals surface area contributed by atoms with Crippen molar-refractivity contribution in [3.63, 3.8) is 0 Å². The number of carbonyl (C=O) groups is 1. The Morgan fingerprint density at radius 1 is 1.35 bits per heavy atom. The average Bonchev–Trinajstić information content (AvgIpc) is 2.32. The van der Waals surface area contributed by atoms with E-state index in [1.807, 2.05) is 43.9 Å². The van der Waals surface area contributed by atoms with Gasteiger partial charge in [-0.1, -0.05) is 23.8 Å². The molecule has 1 aromatic carbocycles. The molecule has 0 N–H and O–H groups in total. The van der Waals surface area contributed by atoms with Crippen LogP contribution in [-0.4, -0.2) is 49.7 Å². The van der Waals surface area contributed by atoms with Crippen LogP contribution in [-0.2, 0) is 9.84 Å². The maximum atomic E-state index is 12.4. The minimum atomic E-state index is -2.93. The zero-order valence-electron chi connectivity index (χ0n) is 12.2. The van der Waals surface area contributed by atoms with Crippen molar-refractivity contribution >= 4 is 15.6 Å². The van der Waals surface area contributed by atoms with E-state index in [1.54, 1.807) is 0 Å². The van der Waals surface area contributed by atoms with E-state index in [0.29, 0.717) is 13.1 Å². The van der Waals surface area contributed by atoms with Crippen molar-refractivity contribution in [1.82, 2.24) is 4.90 Å². The second kappa shape index (κ2) is 5.66. The lowest BCUT2D eigenvalue weighted by Gasteiger charge is -2.32. The van der Waals surface area contributed by atoms with E-state index in [1.165, 1.54) is 0 Å². The number of Topliss-reactive ketones (excluding diaryl/α,β-unsaturated/α-hetero) is 1. The van der Waals surface area contributed by atoms with Gasteiger partial charge in [0.2, 0.25) is 0 Å². The van der Waals surface area contributed by atoms with Crippen molar-refractivity contribution in [1.29, 1.82) is 0 Å². The van der Waals surface area contributed by atoms with Gasteiger partial charge >= 0.3 is 0 Å². The van der Waals surface area contributed by atoms with Gasteiger partial charge in [0.1, 0.15) is 0 Å². The molecule has 1 atom stereocenters. The van der Waals surface area contributed by atoms with Gasteiger partial charge in [-0.3, -0.25) is 9.69 Å². The summed E-state index contributed by atoms with van der Waals surface area (Å²) in [5, 5.41) is 0. The second-order valence-electron chi connectivity index (χ2n) is 5.68. The molecule has 0 saturated carbocycles. The summed E-state index contributed by atoms with van der Waals surface area (Å²) in [6.07, 6.45) is 0. The largest absolute Gasteiger partial charge is 0.293 e. The molecule has 0 spiro atoms. The van der Waals surface area contributed by atoms with E-state index < -0.39 is 9.84 Å². The Labute approximate surface area is 120 Å². The van der Waals surface area contributed by atoms with Crippen LogP contribution in [0.15, 0.2) is 18.2 Å². The lowest BCUT2D eigenvalue weighted by atomic mass is 10.0. The minimum absolute atomic E-state index is 0.0636. The first-order valence-corrected chi connectivity index (χ1v) is 8.65. The predicted octanol–water partition coefficient (Wildman–Crippen LogP) is 1.61. The van der Waals surface area contributed by atoms with Crippen LogP contribution >= 0.6 is 0 Å². The van der Waals surface area contributed by atoms with Gasteiger partial charge < -0.3 is 0 Å². The molecule has 1 fully saturated rings. The number of nitrogens with zero attached hydrogens (tertiary/aromatic N) is 1. The zero-order valence-corrected chi connectivity index (χ0v) is 13.0. The van der Waals surface area contributed by atoms with E-state index in [0.717, 1.165) is 16.7 Å². The molecular weight excluding hydrogens is 274 g/mol. The second-order valence-corrected chi connectivity index (χ2v) is 7.90. The van der Waals surface area contributed by atoms with E-state index >= 15 is 0 Å². The number of aryl methyl sites for hydroxylation is 2. The molecule has 0 aliphatic carbocycles. The molecular formula is C15H21NO3S. The number of hydrogen-bond donors (Lipinski definition) is 0. The van der Waals surface area contributed by atoms with Crippen LogP contribution < -0.4 is 0 Å². The van der Waals surface area contributed by atoms with Gasteiger partial charge in [0.05, 0.1) is 18.1 Å². The highest BCUT2D eigenvalue weighted by Crippen LogP contribution is 2.15. The molecule has 1 unspecified atom stereocenters. The summed E-state index contributed by atoms with van der Waals surface area (Å²) >= 11 is 0. The van der Waals surface area contributed by atoms with Crippen molar-refractivity contribution in [3.05, 3.63) is 34.9 Å². The van der Waals surface area contributed by atoms with Crippen molar-refractivity contribution < 1.29 is 13.2 Å². The molecule has 1 aromatic rings. The van der Waals surface area contributed by atoms with Gasteiger partial charge in [0, 0.05) is 18.2 Å². The molecule has 0 bridgehead atoms. The van der Waals surface area contributed by atoms with Crippen molar-refractivity contribution in [2.45, 2.75) is 26.8 Å². The minimum Gasteiger partial charge on any atom is -0.293 e. The summed E-state index contributed by atoms with van der Waals surface area (Å²) in [7, 11) is -2.93. The van der Waals surface area contributed by atoms with Crippen LogP contribution in [0.1, 0.15) is 28.4 Å². The quantitative estimate of drug-likeness (QED) is 0.795. The molecule has 0 radical (unpaired) electrons. The van der Waals surface area contributed by atoms with Crippen molar-refractivity contribution in [2.75, 3.05) is 24.6 Å². The standard InChI is InChI=1S/C15H21NO3S/c1-11-4-5-14(12(2)8-11)15(17)9-16-6-7-20(18,19)10-13(16)3/h4-5,8,13H,6-7,9-10H2,1-3H3. The number of hydrogen-bond acceptors (Lipinski definition) is 4. The fourth-order valence-corrected chi connectivity index (χ4v) is 4.29. The smallest absolute Gasteiger partial charge is 0.177 e. The fraction of sp³-hybridized carbons (Fsp3) is 0.533. The topological polar surface area (TPSA) is 54.5 Å². The van der Waals surface area contributed by atoms with E-state index in [2.05, 4.69) is 0 Å². The highest BCUT2D eigenvalue weighted by molar-refractivity contribution is 7.91. The maximum Gasteiger partial charge on any atom is 0.177 e. The van der Waals surface area contributed by atoms with Crippen LogP contribution in [0.25, 0.3) is 0 Å². The van der Waals surface area contributed by atoms with Crippen molar-refractivity contribution in [3.8, 4) is 0 Å². The number of carbonyl (C=O) groups excluding carboxylic acids is 1. The Bertz CT molecular complexity index is 622. The molecule has 20 heavy (non-hydrogen) atoms. The lowest BCUT2D eigenvalue weighted by Crippen LogP contribution is -2.48. The number of rotatable bonds is 3. The third-order valence-electron chi connectivity index (χ3n) is 3.84. The van der Waals surface area contributed by atoms with Crippen LogP contribution in [0.2, 0.25) is 0 Å². The molecule has 2 rings (SSSR count). The normalized spacial score (nSPS) is 22.6. The molecule has 1 aliphatic heterocycles. The number of sulfone groups is 1. The van der Waals surface area contributed by atoms with Crippen LogP contribution in [0, 0.1) is 13.8 Å². The Morgan fingerprint density at radius 3 is 2.65 bits per heavy atom. The fourth-order valence-electron chi connectivity index (χ4n) is 2.66. The monoisotopic (exact) mass is 295 g/mol. The predicted molar refractivity (Wildman–Crippen MR) is 79.9 cm³/mol. The third kappa shape index (κ3) is 3.46. The first-order chi connectivity index (χ1) is 9.28. The van der Waals surface area contributed by atoms with Crippen LogP contribution in [0.5, 0.6) is 0 Å². The van der Waals surface area contributed by atoms with Gasteiger partial charge in [0.15, 0.2) is 15.6 Å². The van der Waals surface area contributed by atoms with E-state index in [4.69, 9.17) is 0 Å². The highest BCUT2D eigenvalue weighted by atomic mass is 32.2. The molecule has 1 saturated heterocycles. The average molecular weight is 295 g/mol. The van der Waals surface area contributed by atoms with E-state index in [9.17, 15) is 13.2 Å². The summed E-state index contributed by atoms with van der Waals surface area (Å²) in [6.45, 7) is 6.54. The molecule has 4 nitrogen and oxygen atoms in total. The third-order valence-corrected chi connectivity index (χ3v) is 5.63. The van der Waals surface area contributed by atoms with Crippen LogP contribution in [0.3, 0.4) is 0 Å². The summed E-state index contributed by atoms with van der Waals surface area (Å²) in [5.41, 5.74) is 2.85. The van der Waals surface area contributed by atoms with Crippen molar-refractivity contribution in [2.24, 2.45) is 0 Å². The first kappa shape index (κ1) is 15.2. The van der Waals surface area contributed by atoms with Gasteiger partial charge in [0.25, 0.3) is 0 Å².